The van der Waals surface area contributed by atoms with E-state index in [2.05, 4.69) is 15.0 Å². The lowest BCUT2D eigenvalue weighted by Crippen LogP contribution is -2.10. The topological polar surface area (TPSA) is 38.7 Å². The van der Waals surface area contributed by atoms with Gasteiger partial charge in [0.25, 0.3) is 6.43 Å². The zero-order valence-electron chi connectivity index (χ0n) is 9.50. The van der Waals surface area contributed by atoms with E-state index < -0.39 is 24.0 Å². The van der Waals surface area contributed by atoms with Crippen molar-refractivity contribution in [3.05, 3.63) is 41.1 Å². The Morgan fingerprint density at radius 3 is 2.05 bits per heavy atom. The molecule has 0 fully saturated rings. The molecule has 0 spiro atoms. The average molecular weight is 310 g/mol. The van der Waals surface area contributed by atoms with Crippen LogP contribution in [0.2, 0.25) is 5.02 Å². The minimum Gasteiger partial charge on any atom is -0.256 e. The third-order valence-corrected chi connectivity index (χ3v) is 2.65. The second-order valence-corrected chi connectivity index (χ2v) is 4.09. The molecule has 0 aliphatic heterocycles. The number of nitrogens with zero attached hydrogens (tertiary/aromatic N) is 3. The second kappa shape index (κ2) is 5.28. The van der Waals surface area contributed by atoms with E-state index in [1.165, 1.54) is 0 Å². The highest BCUT2D eigenvalue weighted by Crippen LogP contribution is 2.30. The highest BCUT2D eigenvalue weighted by atomic mass is 35.5. The van der Waals surface area contributed by atoms with Crippen LogP contribution < -0.4 is 0 Å². The summed E-state index contributed by atoms with van der Waals surface area (Å²) in [6, 6.07) is 1.12. The SMILES string of the molecule is FC(F)c1cnc(-c2cnc(C(F)(F)F)nc2)cc1Cl. The molecule has 2 heterocycles. The Morgan fingerprint density at radius 2 is 1.60 bits per heavy atom. The molecular formula is C11H5ClF5N3. The molecule has 0 unspecified atom stereocenters. The van der Waals surface area contributed by atoms with Gasteiger partial charge in [0.05, 0.1) is 16.3 Å². The van der Waals surface area contributed by atoms with Crippen molar-refractivity contribution >= 4 is 11.6 Å². The van der Waals surface area contributed by atoms with Crippen molar-refractivity contribution in [2.24, 2.45) is 0 Å². The molecular weight excluding hydrogens is 305 g/mol. The van der Waals surface area contributed by atoms with E-state index >= 15 is 0 Å². The van der Waals surface area contributed by atoms with Crippen LogP contribution in [0.15, 0.2) is 24.7 Å². The van der Waals surface area contributed by atoms with Crippen molar-refractivity contribution in [1.29, 1.82) is 0 Å². The van der Waals surface area contributed by atoms with Crippen molar-refractivity contribution in [2.45, 2.75) is 12.6 Å². The van der Waals surface area contributed by atoms with Crippen LogP contribution in [0, 0.1) is 0 Å². The van der Waals surface area contributed by atoms with E-state index in [0.29, 0.717) is 0 Å². The maximum Gasteiger partial charge on any atom is 0.451 e. The predicted molar refractivity (Wildman–Crippen MR) is 60.2 cm³/mol. The van der Waals surface area contributed by atoms with Crippen molar-refractivity contribution in [2.75, 3.05) is 0 Å². The standard InChI is InChI=1S/C11H5ClF5N3/c12-7-1-8(18-4-6(7)9(13)14)5-2-19-10(20-3-5)11(15,16)17/h1-4,9H. The van der Waals surface area contributed by atoms with Crippen molar-refractivity contribution in [3.63, 3.8) is 0 Å². The van der Waals surface area contributed by atoms with Crippen LogP contribution in [0.5, 0.6) is 0 Å². The monoisotopic (exact) mass is 309 g/mol. The molecule has 3 nitrogen and oxygen atoms in total. The number of halogens is 6. The summed E-state index contributed by atoms with van der Waals surface area (Å²) in [5.74, 6) is -1.29. The first-order valence-corrected chi connectivity index (χ1v) is 5.50. The molecule has 2 aromatic rings. The fraction of sp³-hybridized carbons (Fsp3) is 0.182. The summed E-state index contributed by atoms with van der Waals surface area (Å²) in [4.78, 5) is 9.99. The molecule has 0 saturated heterocycles. The molecule has 0 atom stereocenters. The first kappa shape index (κ1) is 14.6. The number of hydrogen-bond donors (Lipinski definition) is 0. The van der Waals surface area contributed by atoms with Crippen LogP contribution in [0.4, 0.5) is 22.0 Å². The number of hydrogen-bond acceptors (Lipinski definition) is 3. The van der Waals surface area contributed by atoms with Gasteiger partial charge in [0.1, 0.15) is 0 Å². The van der Waals surface area contributed by atoms with Gasteiger partial charge in [-0.15, -0.1) is 0 Å². The highest BCUT2D eigenvalue weighted by Gasteiger charge is 2.34. The Kier molecular flexibility index (Phi) is 3.85. The van der Waals surface area contributed by atoms with E-state index in [9.17, 15) is 22.0 Å². The maximum atomic E-state index is 12.5. The van der Waals surface area contributed by atoms with Crippen LogP contribution >= 0.6 is 11.6 Å². The molecule has 0 amide bonds. The number of alkyl halides is 5. The van der Waals surface area contributed by atoms with Crippen LogP contribution in [0.1, 0.15) is 17.8 Å². The lowest BCUT2D eigenvalue weighted by molar-refractivity contribution is -0.144. The normalized spacial score (nSPS) is 11.9. The predicted octanol–water partition coefficient (Wildman–Crippen LogP) is 4.15. The largest absolute Gasteiger partial charge is 0.451 e. The molecule has 0 aliphatic carbocycles. The summed E-state index contributed by atoms with van der Waals surface area (Å²) in [5, 5.41) is -0.232. The van der Waals surface area contributed by atoms with Gasteiger partial charge in [0.2, 0.25) is 5.82 Å². The quantitative estimate of drug-likeness (QED) is 0.782. The second-order valence-electron chi connectivity index (χ2n) is 3.68. The Hall–Kier alpha value is -1.83. The molecule has 20 heavy (non-hydrogen) atoms. The van der Waals surface area contributed by atoms with Gasteiger partial charge in [-0.2, -0.15) is 13.2 Å². The summed E-state index contributed by atoms with van der Waals surface area (Å²) < 4.78 is 61.8. The third-order valence-electron chi connectivity index (χ3n) is 2.32. The summed E-state index contributed by atoms with van der Waals surface area (Å²) >= 11 is 5.64. The molecule has 0 radical (unpaired) electrons. The van der Waals surface area contributed by atoms with Crippen molar-refractivity contribution < 1.29 is 22.0 Å². The number of aromatic nitrogens is 3. The first-order valence-electron chi connectivity index (χ1n) is 5.12. The van der Waals surface area contributed by atoms with Gasteiger partial charge in [0, 0.05) is 24.2 Å². The summed E-state index contributed by atoms with van der Waals surface area (Å²) in [7, 11) is 0. The van der Waals surface area contributed by atoms with Crippen LogP contribution in [0.3, 0.4) is 0 Å². The van der Waals surface area contributed by atoms with Gasteiger partial charge in [-0.25, -0.2) is 18.7 Å². The molecule has 2 aromatic heterocycles. The Labute approximate surface area is 114 Å². The summed E-state index contributed by atoms with van der Waals surface area (Å²) in [6.45, 7) is 0. The Bertz CT molecular complexity index is 612. The van der Waals surface area contributed by atoms with Gasteiger partial charge in [-0.1, -0.05) is 11.6 Å². The van der Waals surface area contributed by atoms with Gasteiger partial charge < -0.3 is 0 Å². The van der Waals surface area contributed by atoms with E-state index in [1.807, 2.05) is 0 Å². The van der Waals surface area contributed by atoms with Crippen LogP contribution in [0.25, 0.3) is 11.3 Å². The molecule has 9 heteroatoms. The van der Waals surface area contributed by atoms with Gasteiger partial charge in [-0.05, 0) is 6.07 Å². The molecule has 0 bridgehead atoms. The molecule has 0 aliphatic rings. The number of pyridine rings is 1. The average Bonchev–Trinajstić information content (AvgIpc) is 2.37. The summed E-state index contributed by atoms with van der Waals surface area (Å²) in [6.07, 6.45) is -4.77. The van der Waals surface area contributed by atoms with Crippen LogP contribution in [-0.4, -0.2) is 15.0 Å². The first-order chi connectivity index (χ1) is 9.29. The molecule has 2 rings (SSSR count). The minimum atomic E-state index is -4.65. The van der Waals surface area contributed by atoms with Gasteiger partial charge in [-0.3, -0.25) is 4.98 Å². The number of rotatable bonds is 2. The maximum absolute atomic E-state index is 12.5. The van der Waals surface area contributed by atoms with E-state index in [-0.39, 0.29) is 16.3 Å². The smallest absolute Gasteiger partial charge is 0.256 e. The Morgan fingerprint density at radius 1 is 1.00 bits per heavy atom. The fourth-order valence-corrected chi connectivity index (χ4v) is 1.60. The van der Waals surface area contributed by atoms with E-state index in [1.54, 1.807) is 0 Å². The summed E-state index contributed by atoms with van der Waals surface area (Å²) in [5.41, 5.74) is -0.211. The molecule has 0 N–H and O–H groups in total. The zero-order valence-corrected chi connectivity index (χ0v) is 10.3. The Balaban J connectivity index is 2.35. The lowest BCUT2D eigenvalue weighted by Gasteiger charge is -2.07. The molecule has 106 valence electrons. The van der Waals surface area contributed by atoms with Gasteiger partial charge >= 0.3 is 6.18 Å². The van der Waals surface area contributed by atoms with Crippen LogP contribution in [-0.2, 0) is 6.18 Å². The van der Waals surface area contributed by atoms with Crippen molar-refractivity contribution in [3.8, 4) is 11.3 Å². The molecule has 0 saturated carbocycles. The molecule has 0 aromatic carbocycles. The van der Waals surface area contributed by atoms with E-state index in [0.717, 1.165) is 24.7 Å². The highest BCUT2D eigenvalue weighted by molar-refractivity contribution is 6.31. The third kappa shape index (κ3) is 3.01. The lowest BCUT2D eigenvalue weighted by atomic mass is 10.2. The van der Waals surface area contributed by atoms with Gasteiger partial charge in [0.15, 0.2) is 0 Å². The zero-order chi connectivity index (χ0) is 14.9. The fourth-order valence-electron chi connectivity index (χ4n) is 1.37. The van der Waals surface area contributed by atoms with Crippen molar-refractivity contribution in [1.82, 2.24) is 15.0 Å². The minimum absolute atomic E-state index is 0.105. The van der Waals surface area contributed by atoms with E-state index in [4.69, 9.17) is 11.6 Å².